The minimum absolute atomic E-state index is 0.189. The van der Waals surface area contributed by atoms with E-state index in [4.69, 9.17) is 9.73 Å². The van der Waals surface area contributed by atoms with Gasteiger partial charge in [0.15, 0.2) is 17.1 Å². The van der Waals surface area contributed by atoms with Crippen molar-refractivity contribution in [2.24, 2.45) is 4.99 Å². The Kier molecular flexibility index (Phi) is 2.96. The number of ether oxygens (including phenoxy) is 1. The van der Waals surface area contributed by atoms with Crippen LogP contribution in [0.3, 0.4) is 0 Å². The quantitative estimate of drug-likeness (QED) is 0.876. The Morgan fingerprint density at radius 1 is 1.14 bits per heavy atom. The van der Waals surface area contributed by atoms with Gasteiger partial charge >= 0.3 is 0 Å². The van der Waals surface area contributed by atoms with E-state index in [0.29, 0.717) is 5.75 Å². The SMILES string of the molecule is Cc1ccc(O)c(OC23CCCCC2=Nc2ccccc23)c1. The summed E-state index contributed by atoms with van der Waals surface area (Å²) < 4.78 is 6.42. The van der Waals surface area contributed by atoms with Crippen LogP contribution in [0.2, 0.25) is 0 Å². The highest BCUT2D eigenvalue weighted by Crippen LogP contribution is 2.49. The molecule has 3 nitrogen and oxygen atoms in total. The number of rotatable bonds is 2. The summed E-state index contributed by atoms with van der Waals surface area (Å²) in [6, 6.07) is 13.7. The van der Waals surface area contributed by atoms with Crippen LogP contribution in [0.1, 0.15) is 36.8 Å². The van der Waals surface area contributed by atoms with Gasteiger partial charge in [0.2, 0.25) is 0 Å². The second-order valence-electron chi connectivity index (χ2n) is 6.18. The topological polar surface area (TPSA) is 41.8 Å². The van der Waals surface area contributed by atoms with Gasteiger partial charge in [0.25, 0.3) is 0 Å². The van der Waals surface area contributed by atoms with E-state index in [0.717, 1.165) is 48.2 Å². The van der Waals surface area contributed by atoms with Gasteiger partial charge in [-0.3, -0.25) is 4.99 Å². The number of aliphatic imine (C=N–C) groups is 1. The Balaban J connectivity index is 1.83. The lowest BCUT2D eigenvalue weighted by Gasteiger charge is -2.36. The number of benzene rings is 2. The van der Waals surface area contributed by atoms with Gasteiger partial charge in [-0.1, -0.05) is 24.3 Å². The molecule has 112 valence electrons. The van der Waals surface area contributed by atoms with Crippen LogP contribution in [-0.4, -0.2) is 10.8 Å². The Labute approximate surface area is 130 Å². The van der Waals surface area contributed by atoms with E-state index in [1.807, 2.05) is 37.3 Å². The minimum Gasteiger partial charge on any atom is -0.504 e. The molecule has 1 heterocycles. The van der Waals surface area contributed by atoms with Gasteiger partial charge in [-0.05, 0) is 56.4 Å². The molecule has 1 saturated carbocycles. The molecule has 0 aromatic heterocycles. The first-order valence-electron chi connectivity index (χ1n) is 7.85. The molecule has 0 bridgehead atoms. The predicted molar refractivity (Wildman–Crippen MR) is 87.2 cm³/mol. The van der Waals surface area contributed by atoms with Crippen molar-refractivity contribution in [2.45, 2.75) is 38.2 Å². The standard InChI is InChI=1S/C19H19NO2/c1-13-9-10-16(21)17(12-13)22-19-11-5-4-8-18(19)20-15-7-3-2-6-14(15)19/h2-3,6-7,9-10,12,21H,4-5,8,11H2,1H3. The lowest BCUT2D eigenvalue weighted by atomic mass is 9.79. The molecule has 2 aromatic carbocycles. The van der Waals surface area contributed by atoms with Gasteiger partial charge in [-0.15, -0.1) is 0 Å². The van der Waals surface area contributed by atoms with E-state index in [9.17, 15) is 5.11 Å². The van der Waals surface area contributed by atoms with E-state index in [1.165, 1.54) is 0 Å². The fourth-order valence-corrected chi connectivity index (χ4v) is 3.56. The maximum Gasteiger partial charge on any atom is 0.174 e. The number of hydrogen-bond donors (Lipinski definition) is 1. The zero-order chi connectivity index (χ0) is 15.2. The Hall–Kier alpha value is -2.29. The third-order valence-corrected chi connectivity index (χ3v) is 4.65. The molecule has 1 N–H and O–H groups in total. The molecule has 1 aliphatic carbocycles. The summed E-state index contributed by atoms with van der Waals surface area (Å²) >= 11 is 0. The molecule has 0 spiro atoms. The number of phenolic OH excluding ortho intramolecular Hbond substituents is 1. The Bertz CT molecular complexity index is 766. The normalized spacial score (nSPS) is 22.7. The van der Waals surface area contributed by atoms with Gasteiger partial charge < -0.3 is 9.84 Å². The van der Waals surface area contributed by atoms with E-state index >= 15 is 0 Å². The zero-order valence-corrected chi connectivity index (χ0v) is 12.7. The monoisotopic (exact) mass is 293 g/mol. The molecule has 4 rings (SSSR count). The number of aryl methyl sites for hydroxylation is 1. The smallest absolute Gasteiger partial charge is 0.174 e. The van der Waals surface area contributed by atoms with Crippen LogP contribution in [-0.2, 0) is 5.60 Å². The highest BCUT2D eigenvalue weighted by Gasteiger charge is 2.47. The zero-order valence-electron chi connectivity index (χ0n) is 12.7. The summed E-state index contributed by atoms with van der Waals surface area (Å²) in [6.07, 6.45) is 4.13. The molecule has 1 fully saturated rings. The van der Waals surface area contributed by atoms with Crippen molar-refractivity contribution in [3.05, 3.63) is 53.6 Å². The molecule has 22 heavy (non-hydrogen) atoms. The van der Waals surface area contributed by atoms with Crippen LogP contribution in [0.5, 0.6) is 11.5 Å². The Morgan fingerprint density at radius 2 is 2.00 bits per heavy atom. The van der Waals surface area contributed by atoms with Crippen LogP contribution in [0.4, 0.5) is 5.69 Å². The number of nitrogens with zero attached hydrogens (tertiary/aromatic N) is 1. The molecule has 3 heteroatoms. The Morgan fingerprint density at radius 3 is 2.91 bits per heavy atom. The van der Waals surface area contributed by atoms with E-state index in [-0.39, 0.29) is 5.75 Å². The number of phenols is 1. The second kappa shape index (κ2) is 4.87. The van der Waals surface area contributed by atoms with E-state index in [1.54, 1.807) is 6.07 Å². The summed E-state index contributed by atoms with van der Waals surface area (Å²) in [4.78, 5) is 4.80. The van der Waals surface area contributed by atoms with Gasteiger partial charge in [0, 0.05) is 5.56 Å². The maximum atomic E-state index is 10.2. The summed E-state index contributed by atoms with van der Waals surface area (Å²) in [5, 5.41) is 10.2. The average molecular weight is 293 g/mol. The van der Waals surface area contributed by atoms with Gasteiger partial charge in [-0.25, -0.2) is 0 Å². The first-order chi connectivity index (χ1) is 10.7. The van der Waals surface area contributed by atoms with Crippen molar-refractivity contribution in [2.75, 3.05) is 0 Å². The van der Waals surface area contributed by atoms with Crippen molar-refractivity contribution in [1.29, 1.82) is 0 Å². The summed E-state index contributed by atoms with van der Waals surface area (Å²) in [7, 11) is 0. The highest BCUT2D eigenvalue weighted by molar-refractivity contribution is 6.01. The average Bonchev–Trinajstić information content (AvgIpc) is 2.85. The third kappa shape index (κ3) is 1.92. The number of para-hydroxylation sites is 1. The molecule has 1 aliphatic heterocycles. The molecule has 0 amide bonds. The van der Waals surface area contributed by atoms with E-state index in [2.05, 4.69) is 6.07 Å². The molecular weight excluding hydrogens is 274 g/mol. The maximum absolute atomic E-state index is 10.2. The highest BCUT2D eigenvalue weighted by atomic mass is 16.5. The fourth-order valence-electron chi connectivity index (χ4n) is 3.56. The molecule has 1 atom stereocenters. The van der Waals surface area contributed by atoms with Crippen molar-refractivity contribution in [1.82, 2.24) is 0 Å². The molecular formula is C19H19NO2. The first-order valence-corrected chi connectivity index (χ1v) is 7.85. The van der Waals surface area contributed by atoms with Gasteiger partial charge in [0.1, 0.15) is 0 Å². The van der Waals surface area contributed by atoms with Crippen LogP contribution >= 0.6 is 0 Å². The fraction of sp³-hybridized carbons (Fsp3) is 0.316. The molecule has 1 unspecified atom stereocenters. The van der Waals surface area contributed by atoms with Crippen LogP contribution in [0.15, 0.2) is 47.5 Å². The molecule has 0 saturated heterocycles. The van der Waals surface area contributed by atoms with Crippen LogP contribution in [0.25, 0.3) is 0 Å². The van der Waals surface area contributed by atoms with Crippen molar-refractivity contribution < 1.29 is 9.84 Å². The predicted octanol–water partition coefficient (Wildman–Crippen LogP) is 4.64. The lowest BCUT2D eigenvalue weighted by molar-refractivity contribution is 0.116. The molecule has 2 aromatic rings. The van der Waals surface area contributed by atoms with Crippen LogP contribution < -0.4 is 4.74 Å². The molecule has 2 aliphatic rings. The number of fused-ring (bicyclic) bond motifs is 3. The van der Waals surface area contributed by atoms with Crippen molar-refractivity contribution in [3.8, 4) is 11.5 Å². The summed E-state index contributed by atoms with van der Waals surface area (Å²) in [6.45, 7) is 2.00. The lowest BCUT2D eigenvalue weighted by Crippen LogP contribution is -2.41. The number of hydrogen-bond acceptors (Lipinski definition) is 3. The minimum atomic E-state index is -0.500. The third-order valence-electron chi connectivity index (χ3n) is 4.65. The van der Waals surface area contributed by atoms with Crippen LogP contribution in [0, 0.1) is 6.92 Å². The van der Waals surface area contributed by atoms with Crippen molar-refractivity contribution in [3.63, 3.8) is 0 Å². The summed E-state index contributed by atoms with van der Waals surface area (Å²) in [5.41, 5.74) is 3.81. The van der Waals surface area contributed by atoms with Gasteiger partial charge in [0.05, 0.1) is 11.4 Å². The largest absolute Gasteiger partial charge is 0.504 e. The van der Waals surface area contributed by atoms with E-state index < -0.39 is 5.60 Å². The number of aromatic hydroxyl groups is 1. The van der Waals surface area contributed by atoms with Gasteiger partial charge in [-0.2, -0.15) is 0 Å². The van der Waals surface area contributed by atoms with Crippen molar-refractivity contribution >= 4 is 11.4 Å². The first kappa shape index (κ1) is 13.4. The summed E-state index contributed by atoms with van der Waals surface area (Å²) in [5.74, 6) is 0.737. The molecule has 0 radical (unpaired) electrons. The second-order valence-corrected chi connectivity index (χ2v) is 6.18.